The number of piperidine rings is 1. The van der Waals surface area contributed by atoms with Crippen molar-refractivity contribution >= 4 is 11.8 Å². The first-order chi connectivity index (χ1) is 15.9. The molecular formula is C27H35N3O3. The summed E-state index contributed by atoms with van der Waals surface area (Å²) in [7, 11) is 1.67. The van der Waals surface area contributed by atoms with E-state index in [1.165, 1.54) is 5.56 Å². The van der Waals surface area contributed by atoms with E-state index in [-0.39, 0.29) is 11.8 Å². The van der Waals surface area contributed by atoms with Crippen molar-refractivity contribution < 1.29 is 14.3 Å². The van der Waals surface area contributed by atoms with E-state index in [1.54, 1.807) is 7.11 Å². The second-order valence-corrected chi connectivity index (χ2v) is 9.72. The van der Waals surface area contributed by atoms with E-state index in [0.29, 0.717) is 31.7 Å². The monoisotopic (exact) mass is 449 g/mol. The molecule has 2 amide bonds. The molecule has 6 nitrogen and oxygen atoms in total. The Balaban J connectivity index is 1.52. The number of piperazine rings is 1. The van der Waals surface area contributed by atoms with Crippen LogP contribution in [0.5, 0.6) is 5.75 Å². The first-order valence-corrected chi connectivity index (χ1v) is 11.9. The number of likely N-dealkylation sites (tertiary alicyclic amines) is 1. The molecule has 1 unspecified atom stereocenters. The summed E-state index contributed by atoms with van der Waals surface area (Å²) in [5.74, 6) is 1.24. The van der Waals surface area contributed by atoms with Gasteiger partial charge in [-0.3, -0.25) is 14.5 Å². The second kappa shape index (κ2) is 9.96. The lowest BCUT2D eigenvalue weighted by Gasteiger charge is -2.52. The highest BCUT2D eigenvalue weighted by Gasteiger charge is 2.53. The van der Waals surface area contributed by atoms with Gasteiger partial charge in [0, 0.05) is 26.2 Å². The van der Waals surface area contributed by atoms with E-state index in [1.807, 2.05) is 47.4 Å². The minimum absolute atomic E-state index is 0.00720. The summed E-state index contributed by atoms with van der Waals surface area (Å²) >= 11 is 0. The van der Waals surface area contributed by atoms with Crippen LogP contribution in [0.1, 0.15) is 44.2 Å². The molecular weight excluding hydrogens is 414 g/mol. The van der Waals surface area contributed by atoms with Crippen LogP contribution in [0.15, 0.2) is 54.6 Å². The van der Waals surface area contributed by atoms with Gasteiger partial charge in [-0.1, -0.05) is 56.3 Å². The molecule has 2 fully saturated rings. The lowest BCUT2D eigenvalue weighted by Crippen LogP contribution is -2.72. The molecule has 0 aromatic heterocycles. The molecule has 0 radical (unpaired) electrons. The molecule has 2 heterocycles. The Morgan fingerprint density at radius 1 is 0.970 bits per heavy atom. The molecule has 6 heteroatoms. The SMILES string of the molecule is COc1ccc(CN2CCC3(CC2)C(=O)NC(CC(C)C)C(=O)N3Cc2ccccc2)cc1. The van der Waals surface area contributed by atoms with E-state index < -0.39 is 11.6 Å². The third-order valence-electron chi connectivity index (χ3n) is 6.95. The number of carbonyl (C=O) groups excluding carboxylic acids is 2. The summed E-state index contributed by atoms with van der Waals surface area (Å²) < 4.78 is 5.25. The Labute approximate surface area is 196 Å². The van der Waals surface area contributed by atoms with E-state index in [0.717, 1.165) is 30.9 Å². The molecule has 33 heavy (non-hydrogen) atoms. The molecule has 0 aliphatic carbocycles. The Kier molecular flexibility index (Phi) is 7.03. The van der Waals surface area contributed by atoms with Crippen molar-refractivity contribution in [1.82, 2.24) is 15.1 Å². The van der Waals surface area contributed by atoms with Crippen LogP contribution >= 0.6 is 0 Å². The third kappa shape index (κ3) is 5.06. The zero-order valence-electron chi connectivity index (χ0n) is 19.9. The minimum atomic E-state index is -0.781. The molecule has 1 N–H and O–H groups in total. The van der Waals surface area contributed by atoms with Crippen molar-refractivity contribution in [2.75, 3.05) is 20.2 Å². The Morgan fingerprint density at radius 2 is 1.61 bits per heavy atom. The largest absolute Gasteiger partial charge is 0.497 e. The topological polar surface area (TPSA) is 61.9 Å². The van der Waals surface area contributed by atoms with Gasteiger partial charge in [-0.25, -0.2) is 0 Å². The lowest BCUT2D eigenvalue weighted by molar-refractivity contribution is -0.162. The molecule has 1 atom stereocenters. The average Bonchev–Trinajstić information content (AvgIpc) is 2.82. The predicted molar refractivity (Wildman–Crippen MR) is 129 cm³/mol. The summed E-state index contributed by atoms with van der Waals surface area (Å²) in [5, 5.41) is 3.09. The number of hydrogen-bond acceptors (Lipinski definition) is 4. The van der Waals surface area contributed by atoms with Gasteiger partial charge in [0.15, 0.2) is 0 Å². The fourth-order valence-corrected chi connectivity index (χ4v) is 5.07. The van der Waals surface area contributed by atoms with Gasteiger partial charge in [0.05, 0.1) is 7.11 Å². The summed E-state index contributed by atoms with van der Waals surface area (Å²) in [6.07, 6.45) is 1.94. The van der Waals surface area contributed by atoms with Crippen molar-refractivity contribution in [3.8, 4) is 5.75 Å². The number of carbonyl (C=O) groups is 2. The normalized spacial score (nSPS) is 20.8. The number of hydrogen-bond donors (Lipinski definition) is 1. The molecule has 1 spiro atoms. The van der Waals surface area contributed by atoms with Gasteiger partial charge < -0.3 is 15.0 Å². The number of nitrogens with one attached hydrogen (secondary N) is 1. The van der Waals surface area contributed by atoms with E-state index in [2.05, 4.69) is 36.2 Å². The van der Waals surface area contributed by atoms with Gasteiger partial charge in [-0.05, 0) is 48.4 Å². The van der Waals surface area contributed by atoms with E-state index in [4.69, 9.17) is 4.74 Å². The van der Waals surface area contributed by atoms with Crippen LogP contribution in [0, 0.1) is 5.92 Å². The van der Waals surface area contributed by atoms with Crippen LogP contribution in [-0.4, -0.2) is 53.4 Å². The summed E-state index contributed by atoms with van der Waals surface area (Å²) in [4.78, 5) is 31.4. The number of rotatable bonds is 7. The van der Waals surface area contributed by atoms with Crippen molar-refractivity contribution in [1.29, 1.82) is 0 Å². The van der Waals surface area contributed by atoms with Gasteiger partial charge in [-0.2, -0.15) is 0 Å². The summed E-state index contributed by atoms with van der Waals surface area (Å²) in [6.45, 7) is 7.01. The maximum Gasteiger partial charge on any atom is 0.246 e. The molecule has 2 saturated heterocycles. The maximum atomic E-state index is 13.6. The van der Waals surface area contributed by atoms with Crippen molar-refractivity contribution in [2.45, 2.75) is 57.8 Å². The second-order valence-electron chi connectivity index (χ2n) is 9.72. The van der Waals surface area contributed by atoms with Gasteiger partial charge in [0.1, 0.15) is 17.3 Å². The number of amides is 2. The van der Waals surface area contributed by atoms with Gasteiger partial charge >= 0.3 is 0 Å². The lowest BCUT2D eigenvalue weighted by atomic mass is 9.80. The van der Waals surface area contributed by atoms with Crippen molar-refractivity contribution in [3.05, 3.63) is 65.7 Å². The molecule has 2 aliphatic heterocycles. The highest BCUT2D eigenvalue weighted by atomic mass is 16.5. The van der Waals surface area contributed by atoms with E-state index >= 15 is 0 Å². The third-order valence-corrected chi connectivity index (χ3v) is 6.95. The van der Waals surface area contributed by atoms with Crippen LogP contribution in [0.4, 0.5) is 0 Å². The summed E-state index contributed by atoms with van der Waals surface area (Å²) in [6, 6.07) is 17.7. The van der Waals surface area contributed by atoms with Crippen LogP contribution in [0.3, 0.4) is 0 Å². The summed E-state index contributed by atoms with van der Waals surface area (Å²) in [5.41, 5.74) is 1.49. The standard InChI is InChI=1S/C27H35N3O3/c1-20(2)17-24-25(31)30(19-21-7-5-4-6-8-21)27(26(32)28-24)13-15-29(16-14-27)18-22-9-11-23(33-3)12-10-22/h4-12,20,24H,13-19H2,1-3H3,(H,28,32). The van der Waals surface area contributed by atoms with Crippen LogP contribution in [-0.2, 0) is 22.7 Å². The maximum absolute atomic E-state index is 13.6. The zero-order valence-corrected chi connectivity index (χ0v) is 19.9. The predicted octanol–water partition coefficient (Wildman–Crippen LogP) is 3.60. The number of benzene rings is 2. The fraction of sp³-hybridized carbons (Fsp3) is 0.481. The van der Waals surface area contributed by atoms with Gasteiger partial charge in [0.25, 0.3) is 0 Å². The molecule has 2 aromatic rings. The van der Waals surface area contributed by atoms with Crippen LogP contribution in [0.25, 0.3) is 0 Å². The first kappa shape index (κ1) is 23.3. The zero-order chi connectivity index (χ0) is 23.4. The van der Waals surface area contributed by atoms with Crippen molar-refractivity contribution in [3.63, 3.8) is 0 Å². The smallest absolute Gasteiger partial charge is 0.246 e. The number of methoxy groups -OCH3 is 1. The molecule has 0 saturated carbocycles. The molecule has 2 aliphatic rings. The molecule has 0 bridgehead atoms. The first-order valence-electron chi connectivity index (χ1n) is 11.9. The average molecular weight is 450 g/mol. The van der Waals surface area contributed by atoms with Gasteiger partial charge in [0.2, 0.25) is 11.8 Å². The Hall–Kier alpha value is -2.86. The van der Waals surface area contributed by atoms with E-state index in [9.17, 15) is 9.59 Å². The van der Waals surface area contributed by atoms with Crippen LogP contribution in [0.2, 0.25) is 0 Å². The quantitative estimate of drug-likeness (QED) is 0.702. The van der Waals surface area contributed by atoms with Crippen LogP contribution < -0.4 is 10.1 Å². The van der Waals surface area contributed by atoms with Crippen molar-refractivity contribution in [2.24, 2.45) is 5.92 Å². The van der Waals surface area contributed by atoms with Gasteiger partial charge in [-0.15, -0.1) is 0 Å². The number of ether oxygens (including phenoxy) is 1. The number of nitrogens with zero attached hydrogens (tertiary/aromatic N) is 2. The minimum Gasteiger partial charge on any atom is -0.497 e. The molecule has 4 rings (SSSR count). The molecule has 176 valence electrons. The Morgan fingerprint density at radius 3 is 2.21 bits per heavy atom. The highest BCUT2D eigenvalue weighted by Crippen LogP contribution is 2.35. The Bertz CT molecular complexity index is 950. The molecule has 2 aromatic carbocycles. The fourth-order valence-electron chi connectivity index (χ4n) is 5.07. The highest BCUT2D eigenvalue weighted by molar-refractivity contribution is 6.00.